The van der Waals surface area contributed by atoms with Crippen molar-refractivity contribution in [2.45, 2.75) is 45.8 Å². The standard InChI is InChI=1S/C12H19IN2O2/c1-8(11(16)15-12(2,3)4)14-7-9-5-6-10(13)17-9/h5-6,8,14H,7H2,1-4H3,(H,15,16). The minimum absolute atomic E-state index is 0.00115. The van der Waals surface area contributed by atoms with Crippen molar-refractivity contribution in [3.05, 3.63) is 21.7 Å². The van der Waals surface area contributed by atoms with E-state index in [0.29, 0.717) is 6.54 Å². The molecule has 0 bridgehead atoms. The lowest BCUT2D eigenvalue weighted by molar-refractivity contribution is -0.124. The molecule has 0 aliphatic carbocycles. The Hall–Kier alpha value is -0.560. The van der Waals surface area contributed by atoms with Crippen LogP contribution in [0.3, 0.4) is 0 Å². The number of hydrogen-bond donors (Lipinski definition) is 2. The van der Waals surface area contributed by atoms with Gasteiger partial charge in [0.05, 0.1) is 12.6 Å². The molecule has 0 spiro atoms. The highest BCUT2D eigenvalue weighted by molar-refractivity contribution is 14.1. The molecule has 1 amide bonds. The van der Waals surface area contributed by atoms with Gasteiger partial charge in [-0.15, -0.1) is 0 Å². The number of hydrogen-bond acceptors (Lipinski definition) is 3. The molecule has 1 heterocycles. The SMILES string of the molecule is CC(NCc1ccc(I)o1)C(=O)NC(C)(C)C. The first-order chi connectivity index (χ1) is 7.78. The fraction of sp³-hybridized carbons (Fsp3) is 0.583. The molecule has 0 aliphatic rings. The summed E-state index contributed by atoms with van der Waals surface area (Å²) in [6.07, 6.45) is 0. The van der Waals surface area contributed by atoms with E-state index in [2.05, 4.69) is 33.2 Å². The highest BCUT2D eigenvalue weighted by atomic mass is 127. The van der Waals surface area contributed by atoms with Crippen molar-refractivity contribution in [1.82, 2.24) is 10.6 Å². The van der Waals surface area contributed by atoms with Gasteiger partial charge >= 0.3 is 0 Å². The summed E-state index contributed by atoms with van der Waals surface area (Å²) in [6, 6.07) is 3.57. The highest BCUT2D eigenvalue weighted by Gasteiger charge is 2.18. The Morgan fingerprint density at radius 1 is 1.47 bits per heavy atom. The van der Waals surface area contributed by atoms with Gasteiger partial charge in [0.15, 0.2) is 3.77 Å². The summed E-state index contributed by atoms with van der Waals surface area (Å²) in [7, 11) is 0. The monoisotopic (exact) mass is 350 g/mol. The number of carbonyl (C=O) groups excluding carboxylic acids is 1. The second kappa shape index (κ2) is 5.86. The largest absolute Gasteiger partial charge is 0.454 e. The lowest BCUT2D eigenvalue weighted by Gasteiger charge is -2.23. The van der Waals surface area contributed by atoms with Crippen LogP contribution in [0.2, 0.25) is 0 Å². The summed E-state index contributed by atoms with van der Waals surface area (Å²) in [6.45, 7) is 8.29. The van der Waals surface area contributed by atoms with Crippen molar-refractivity contribution in [3.63, 3.8) is 0 Å². The summed E-state index contributed by atoms with van der Waals surface area (Å²) in [5.41, 5.74) is -0.201. The zero-order valence-electron chi connectivity index (χ0n) is 10.6. The molecule has 0 saturated carbocycles. The molecule has 2 N–H and O–H groups in total. The van der Waals surface area contributed by atoms with Crippen LogP contribution >= 0.6 is 22.6 Å². The summed E-state index contributed by atoms with van der Waals surface area (Å²) in [4.78, 5) is 11.8. The first-order valence-corrected chi connectivity index (χ1v) is 6.65. The summed E-state index contributed by atoms with van der Waals surface area (Å²) >= 11 is 2.12. The van der Waals surface area contributed by atoms with Crippen molar-refractivity contribution in [1.29, 1.82) is 0 Å². The first-order valence-electron chi connectivity index (χ1n) is 5.57. The molecular formula is C12H19IN2O2. The zero-order chi connectivity index (χ0) is 13.1. The third-order valence-electron chi connectivity index (χ3n) is 2.10. The molecule has 0 aliphatic heterocycles. The van der Waals surface area contributed by atoms with E-state index >= 15 is 0 Å². The molecule has 5 heteroatoms. The maximum absolute atomic E-state index is 11.8. The van der Waals surface area contributed by atoms with E-state index in [4.69, 9.17) is 4.42 Å². The highest BCUT2D eigenvalue weighted by Crippen LogP contribution is 2.09. The minimum atomic E-state index is -0.239. The Bertz CT molecular complexity index is 382. The lowest BCUT2D eigenvalue weighted by Crippen LogP contribution is -2.49. The van der Waals surface area contributed by atoms with Gasteiger partial charge in [-0.25, -0.2) is 0 Å². The molecule has 0 radical (unpaired) electrons. The van der Waals surface area contributed by atoms with Gasteiger partial charge in [0.1, 0.15) is 5.76 Å². The number of rotatable bonds is 4. The van der Waals surface area contributed by atoms with E-state index in [1.54, 1.807) is 0 Å². The molecule has 0 aromatic carbocycles. The maximum Gasteiger partial charge on any atom is 0.237 e. The normalized spacial score (nSPS) is 13.5. The van der Waals surface area contributed by atoms with E-state index < -0.39 is 0 Å². The second-order valence-electron chi connectivity index (χ2n) is 5.05. The molecule has 0 saturated heterocycles. The number of nitrogens with one attached hydrogen (secondary N) is 2. The molecule has 17 heavy (non-hydrogen) atoms. The molecule has 1 rings (SSSR count). The van der Waals surface area contributed by atoms with E-state index in [1.807, 2.05) is 39.8 Å². The number of carbonyl (C=O) groups is 1. The quantitative estimate of drug-likeness (QED) is 0.820. The summed E-state index contributed by atoms with van der Waals surface area (Å²) in [5.74, 6) is 0.837. The van der Waals surface area contributed by atoms with Crippen LogP contribution < -0.4 is 10.6 Å². The van der Waals surface area contributed by atoms with Crippen LogP contribution in [0.25, 0.3) is 0 Å². The summed E-state index contributed by atoms with van der Waals surface area (Å²) in [5, 5.41) is 6.05. The Balaban J connectivity index is 2.39. The predicted molar refractivity (Wildman–Crippen MR) is 75.6 cm³/mol. The van der Waals surface area contributed by atoms with Crippen molar-refractivity contribution in [2.24, 2.45) is 0 Å². The Labute approximate surface area is 116 Å². The van der Waals surface area contributed by atoms with Crippen LogP contribution in [-0.2, 0) is 11.3 Å². The molecule has 4 nitrogen and oxygen atoms in total. The van der Waals surface area contributed by atoms with E-state index in [-0.39, 0.29) is 17.5 Å². The maximum atomic E-state index is 11.8. The lowest BCUT2D eigenvalue weighted by atomic mass is 10.1. The van der Waals surface area contributed by atoms with E-state index in [0.717, 1.165) is 9.53 Å². The van der Waals surface area contributed by atoms with Crippen molar-refractivity contribution in [2.75, 3.05) is 0 Å². The van der Waals surface area contributed by atoms with Crippen molar-refractivity contribution < 1.29 is 9.21 Å². The van der Waals surface area contributed by atoms with Crippen LogP contribution in [0.4, 0.5) is 0 Å². The predicted octanol–water partition coefficient (Wildman–Crippen LogP) is 2.28. The Kier molecular flexibility index (Phi) is 5.00. The zero-order valence-corrected chi connectivity index (χ0v) is 12.8. The van der Waals surface area contributed by atoms with Crippen LogP contribution in [0.5, 0.6) is 0 Å². The molecule has 1 aromatic rings. The molecule has 0 fully saturated rings. The van der Waals surface area contributed by atoms with Crippen molar-refractivity contribution in [3.8, 4) is 0 Å². The molecular weight excluding hydrogens is 331 g/mol. The molecule has 96 valence electrons. The first kappa shape index (κ1) is 14.5. The Morgan fingerprint density at radius 2 is 2.12 bits per heavy atom. The second-order valence-corrected chi connectivity index (χ2v) is 6.11. The topological polar surface area (TPSA) is 54.3 Å². The van der Waals surface area contributed by atoms with Gasteiger partial charge < -0.3 is 9.73 Å². The van der Waals surface area contributed by atoms with Crippen LogP contribution in [0, 0.1) is 3.77 Å². The van der Waals surface area contributed by atoms with Gasteiger partial charge in [-0.1, -0.05) is 0 Å². The fourth-order valence-corrected chi connectivity index (χ4v) is 1.73. The van der Waals surface area contributed by atoms with Crippen molar-refractivity contribution >= 4 is 28.5 Å². The number of amides is 1. The van der Waals surface area contributed by atoms with Crippen LogP contribution in [0.15, 0.2) is 16.5 Å². The smallest absolute Gasteiger partial charge is 0.237 e. The minimum Gasteiger partial charge on any atom is -0.454 e. The fourth-order valence-electron chi connectivity index (χ4n) is 1.27. The Morgan fingerprint density at radius 3 is 2.59 bits per heavy atom. The molecule has 1 aromatic heterocycles. The van der Waals surface area contributed by atoms with Gasteiger partial charge in [-0.3, -0.25) is 10.1 Å². The average Bonchev–Trinajstić information content (AvgIpc) is 2.58. The van der Waals surface area contributed by atoms with Gasteiger partial charge in [-0.05, 0) is 62.4 Å². The van der Waals surface area contributed by atoms with E-state index in [9.17, 15) is 4.79 Å². The van der Waals surface area contributed by atoms with Crippen LogP contribution in [0.1, 0.15) is 33.5 Å². The third kappa shape index (κ3) is 5.54. The molecule has 1 unspecified atom stereocenters. The van der Waals surface area contributed by atoms with Gasteiger partial charge in [0.2, 0.25) is 5.91 Å². The number of furan rings is 1. The average molecular weight is 350 g/mol. The summed E-state index contributed by atoms with van der Waals surface area (Å²) < 4.78 is 6.26. The van der Waals surface area contributed by atoms with Gasteiger partial charge in [-0.2, -0.15) is 0 Å². The third-order valence-corrected chi connectivity index (χ3v) is 2.68. The number of halogens is 1. The van der Waals surface area contributed by atoms with Crippen LogP contribution in [-0.4, -0.2) is 17.5 Å². The van der Waals surface area contributed by atoms with Gasteiger partial charge in [0.25, 0.3) is 0 Å². The van der Waals surface area contributed by atoms with E-state index in [1.165, 1.54) is 0 Å². The van der Waals surface area contributed by atoms with Gasteiger partial charge in [0, 0.05) is 5.54 Å². The molecule has 1 atom stereocenters.